The van der Waals surface area contributed by atoms with Crippen LogP contribution in [0.25, 0.3) is 0 Å². The Kier molecular flexibility index (Phi) is 5.16. The molecule has 2 aromatic carbocycles. The summed E-state index contributed by atoms with van der Waals surface area (Å²) in [6.45, 7) is -0.158. The molecule has 22 heavy (non-hydrogen) atoms. The number of hydrogen-bond acceptors (Lipinski definition) is 4. The van der Waals surface area contributed by atoms with Crippen LogP contribution in [0.2, 0.25) is 5.02 Å². The van der Waals surface area contributed by atoms with Gasteiger partial charge < -0.3 is 5.11 Å². The minimum Gasteiger partial charge on any atom is -0.392 e. The van der Waals surface area contributed by atoms with Gasteiger partial charge in [0.2, 0.25) is 10.0 Å². The van der Waals surface area contributed by atoms with Gasteiger partial charge in [0.15, 0.2) is 0 Å². The summed E-state index contributed by atoms with van der Waals surface area (Å²) in [6, 6.07) is 12.8. The van der Waals surface area contributed by atoms with Crippen molar-refractivity contribution in [3.05, 3.63) is 64.2 Å². The van der Waals surface area contributed by atoms with Crippen molar-refractivity contribution in [1.29, 1.82) is 5.26 Å². The Hall–Kier alpha value is -1.91. The third-order valence-corrected chi connectivity index (χ3v) is 4.79. The van der Waals surface area contributed by atoms with Gasteiger partial charge in [-0.2, -0.15) is 5.26 Å². The van der Waals surface area contributed by atoms with Gasteiger partial charge in [-0.05, 0) is 29.3 Å². The van der Waals surface area contributed by atoms with Crippen molar-refractivity contribution in [2.75, 3.05) is 0 Å². The monoisotopic (exact) mass is 336 g/mol. The maximum atomic E-state index is 12.3. The lowest BCUT2D eigenvalue weighted by Gasteiger charge is -2.10. The average Bonchev–Trinajstić information content (AvgIpc) is 2.52. The van der Waals surface area contributed by atoms with E-state index >= 15 is 0 Å². The molecule has 0 unspecified atom stereocenters. The zero-order chi connectivity index (χ0) is 16.2. The van der Waals surface area contributed by atoms with E-state index in [9.17, 15) is 13.5 Å². The predicted octanol–water partition coefficient (Wildman–Crippen LogP) is 2.18. The highest BCUT2D eigenvalue weighted by atomic mass is 35.5. The van der Waals surface area contributed by atoms with Gasteiger partial charge in [-0.3, -0.25) is 0 Å². The smallest absolute Gasteiger partial charge is 0.242 e. The van der Waals surface area contributed by atoms with Crippen molar-refractivity contribution in [2.45, 2.75) is 18.0 Å². The molecule has 0 amide bonds. The van der Waals surface area contributed by atoms with E-state index in [0.29, 0.717) is 16.1 Å². The Morgan fingerprint density at radius 3 is 2.50 bits per heavy atom. The number of sulfonamides is 1. The molecule has 2 rings (SSSR count). The van der Waals surface area contributed by atoms with Crippen molar-refractivity contribution in [1.82, 2.24) is 4.72 Å². The molecular weight excluding hydrogens is 324 g/mol. The topological polar surface area (TPSA) is 90.2 Å². The maximum Gasteiger partial charge on any atom is 0.242 e. The number of nitriles is 1. The highest BCUT2D eigenvalue weighted by Crippen LogP contribution is 2.20. The first-order chi connectivity index (χ1) is 10.5. The van der Waals surface area contributed by atoms with Crippen molar-refractivity contribution < 1.29 is 13.5 Å². The molecule has 114 valence electrons. The quantitative estimate of drug-likeness (QED) is 0.875. The lowest BCUT2D eigenvalue weighted by atomic mass is 10.1. The second-order valence-electron chi connectivity index (χ2n) is 4.50. The van der Waals surface area contributed by atoms with Gasteiger partial charge in [0.1, 0.15) is 6.07 Å². The van der Waals surface area contributed by atoms with E-state index < -0.39 is 10.0 Å². The third kappa shape index (κ3) is 3.64. The lowest BCUT2D eigenvalue weighted by molar-refractivity contribution is 0.280. The van der Waals surface area contributed by atoms with E-state index in [-0.39, 0.29) is 23.6 Å². The van der Waals surface area contributed by atoms with Gasteiger partial charge in [-0.1, -0.05) is 35.9 Å². The molecule has 0 aliphatic carbocycles. The number of hydrogen-bond donors (Lipinski definition) is 2. The van der Waals surface area contributed by atoms with E-state index in [4.69, 9.17) is 16.9 Å². The molecule has 0 heterocycles. The molecule has 0 saturated heterocycles. The fraction of sp³-hybridized carbons (Fsp3) is 0.133. The van der Waals surface area contributed by atoms with Crippen molar-refractivity contribution in [2.24, 2.45) is 0 Å². The molecule has 5 nitrogen and oxygen atoms in total. The number of nitrogens with zero attached hydrogens (tertiary/aromatic N) is 1. The number of nitrogens with one attached hydrogen (secondary N) is 1. The van der Waals surface area contributed by atoms with Crippen LogP contribution in [-0.4, -0.2) is 13.5 Å². The second-order valence-corrected chi connectivity index (χ2v) is 6.68. The molecule has 0 spiro atoms. The highest BCUT2D eigenvalue weighted by Gasteiger charge is 2.19. The zero-order valence-electron chi connectivity index (χ0n) is 11.5. The molecule has 2 N–H and O–H groups in total. The van der Waals surface area contributed by atoms with E-state index in [1.807, 2.05) is 6.07 Å². The van der Waals surface area contributed by atoms with Crippen molar-refractivity contribution >= 4 is 21.6 Å². The zero-order valence-corrected chi connectivity index (χ0v) is 13.0. The summed E-state index contributed by atoms with van der Waals surface area (Å²) < 4.78 is 27.1. The highest BCUT2D eigenvalue weighted by molar-refractivity contribution is 7.89. The molecule has 0 radical (unpaired) electrons. The lowest BCUT2D eigenvalue weighted by Crippen LogP contribution is -2.24. The number of rotatable bonds is 5. The number of halogens is 1. The average molecular weight is 337 g/mol. The largest absolute Gasteiger partial charge is 0.392 e. The van der Waals surface area contributed by atoms with E-state index in [1.165, 1.54) is 18.2 Å². The molecular formula is C15H13ClN2O3S. The Bertz CT molecular complexity index is 829. The van der Waals surface area contributed by atoms with Crippen LogP contribution in [-0.2, 0) is 23.2 Å². The molecule has 0 bridgehead atoms. The molecule has 7 heteroatoms. The van der Waals surface area contributed by atoms with Gasteiger partial charge in [-0.25, -0.2) is 13.1 Å². The Morgan fingerprint density at radius 2 is 1.86 bits per heavy atom. The molecule has 0 aliphatic rings. The van der Waals surface area contributed by atoms with Gasteiger partial charge in [0.05, 0.1) is 17.1 Å². The molecule has 0 aliphatic heterocycles. The molecule has 0 saturated carbocycles. The summed E-state index contributed by atoms with van der Waals surface area (Å²) in [5.41, 5.74) is 1.29. The molecule has 0 fully saturated rings. The normalized spacial score (nSPS) is 11.1. The first kappa shape index (κ1) is 16.5. The van der Waals surface area contributed by atoms with Crippen LogP contribution >= 0.6 is 11.6 Å². The third-order valence-electron chi connectivity index (χ3n) is 3.09. The standard InChI is InChI=1S/C15H13ClN2O3S/c16-14-5-6-15(13(7-14)8-17)22(20,21)18-9-11-3-1-2-4-12(11)10-19/h1-7,18-19H,9-10H2. The van der Waals surface area contributed by atoms with E-state index in [0.717, 1.165) is 0 Å². The first-order valence-electron chi connectivity index (χ1n) is 6.35. The van der Waals surface area contributed by atoms with Gasteiger partial charge in [0, 0.05) is 11.6 Å². The van der Waals surface area contributed by atoms with Crippen LogP contribution in [0.1, 0.15) is 16.7 Å². The SMILES string of the molecule is N#Cc1cc(Cl)ccc1S(=O)(=O)NCc1ccccc1CO. The Labute approximate surface area is 133 Å². The summed E-state index contributed by atoms with van der Waals surface area (Å²) in [5, 5.41) is 18.6. The van der Waals surface area contributed by atoms with Crippen molar-refractivity contribution in [3.63, 3.8) is 0 Å². The van der Waals surface area contributed by atoms with Gasteiger partial charge in [-0.15, -0.1) is 0 Å². The second kappa shape index (κ2) is 6.90. The van der Waals surface area contributed by atoms with Crippen LogP contribution in [0.3, 0.4) is 0 Å². The van der Waals surface area contributed by atoms with Crippen LogP contribution in [0.5, 0.6) is 0 Å². The predicted molar refractivity (Wildman–Crippen MR) is 82.6 cm³/mol. The number of aliphatic hydroxyl groups is 1. The Morgan fingerprint density at radius 1 is 1.18 bits per heavy atom. The molecule has 2 aromatic rings. The van der Waals surface area contributed by atoms with Crippen molar-refractivity contribution in [3.8, 4) is 6.07 Å². The summed E-state index contributed by atoms with van der Waals surface area (Å²) in [5.74, 6) is 0. The van der Waals surface area contributed by atoms with E-state index in [2.05, 4.69) is 4.72 Å². The van der Waals surface area contributed by atoms with Gasteiger partial charge >= 0.3 is 0 Å². The van der Waals surface area contributed by atoms with Crippen LogP contribution < -0.4 is 4.72 Å². The fourth-order valence-corrected chi connectivity index (χ4v) is 3.27. The number of benzene rings is 2. The fourth-order valence-electron chi connectivity index (χ4n) is 1.96. The minimum absolute atomic E-state index is 0.0181. The minimum atomic E-state index is -3.86. The van der Waals surface area contributed by atoms with Crippen LogP contribution in [0.15, 0.2) is 47.4 Å². The first-order valence-corrected chi connectivity index (χ1v) is 8.21. The number of aliphatic hydroxyl groups excluding tert-OH is 1. The summed E-state index contributed by atoms with van der Waals surface area (Å²) in [7, 11) is -3.86. The summed E-state index contributed by atoms with van der Waals surface area (Å²) in [4.78, 5) is -0.124. The van der Waals surface area contributed by atoms with Crippen LogP contribution in [0, 0.1) is 11.3 Å². The summed E-state index contributed by atoms with van der Waals surface area (Å²) in [6.07, 6.45) is 0. The summed E-state index contributed by atoms with van der Waals surface area (Å²) >= 11 is 5.76. The maximum absolute atomic E-state index is 12.3. The van der Waals surface area contributed by atoms with E-state index in [1.54, 1.807) is 24.3 Å². The van der Waals surface area contributed by atoms with Gasteiger partial charge in [0.25, 0.3) is 0 Å². The Balaban J connectivity index is 2.28. The molecule has 0 aromatic heterocycles. The van der Waals surface area contributed by atoms with Crippen LogP contribution in [0.4, 0.5) is 0 Å². The molecule has 0 atom stereocenters.